The average Bonchev–Trinajstić information content (AvgIpc) is 2.68. The monoisotopic (exact) mass is 228 g/mol. The molecule has 1 aromatic heterocycles. The van der Waals surface area contributed by atoms with Crippen LogP contribution in [0.5, 0.6) is 0 Å². The molecule has 1 aliphatic rings. The standard InChI is InChI=1S/C13H16N4/c1-9-15-10(2)17(16-9)12-5-6-13-11(8-12)4-3-7-14-13/h5-6,8,14H,3-4,7H2,1-2H3. The molecule has 2 aromatic rings. The van der Waals surface area contributed by atoms with Crippen LogP contribution in [-0.4, -0.2) is 21.3 Å². The highest BCUT2D eigenvalue weighted by Crippen LogP contribution is 2.24. The largest absolute Gasteiger partial charge is 0.385 e. The number of aryl methyl sites for hydroxylation is 3. The van der Waals surface area contributed by atoms with Gasteiger partial charge in [0.2, 0.25) is 0 Å². The van der Waals surface area contributed by atoms with Crippen LogP contribution in [0.4, 0.5) is 5.69 Å². The lowest BCUT2D eigenvalue weighted by molar-refractivity contribution is 0.808. The Morgan fingerprint density at radius 1 is 1.29 bits per heavy atom. The highest BCUT2D eigenvalue weighted by molar-refractivity contribution is 5.57. The maximum absolute atomic E-state index is 4.41. The van der Waals surface area contributed by atoms with Crippen LogP contribution in [0.1, 0.15) is 23.6 Å². The van der Waals surface area contributed by atoms with Crippen molar-refractivity contribution in [2.75, 3.05) is 11.9 Å². The number of hydrogen-bond acceptors (Lipinski definition) is 3. The fourth-order valence-corrected chi connectivity index (χ4v) is 2.36. The zero-order valence-corrected chi connectivity index (χ0v) is 10.2. The Labute approximate surface area is 101 Å². The molecule has 2 heterocycles. The summed E-state index contributed by atoms with van der Waals surface area (Å²) < 4.78 is 1.91. The summed E-state index contributed by atoms with van der Waals surface area (Å²) >= 11 is 0. The molecule has 0 saturated carbocycles. The van der Waals surface area contributed by atoms with Crippen LogP contribution >= 0.6 is 0 Å². The average molecular weight is 228 g/mol. The molecule has 0 aliphatic carbocycles. The maximum atomic E-state index is 4.41. The molecule has 0 atom stereocenters. The third-order valence-electron chi connectivity index (χ3n) is 3.15. The molecule has 17 heavy (non-hydrogen) atoms. The van der Waals surface area contributed by atoms with Crippen LogP contribution in [0.25, 0.3) is 5.69 Å². The Balaban J connectivity index is 2.06. The van der Waals surface area contributed by atoms with E-state index < -0.39 is 0 Å². The van der Waals surface area contributed by atoms with Crippen molar-refractivity contribution in [2.45, 2.75) is 26.7 Å². The minimum Gasteiger partial charge on any atom is -0.385 e. The molecule has 4 heteroatoms. The van der Waals surface area contributed by atoms with Crippen molar-refractivity contribution in [3.8, 4) is 5.69 Å². The van der Waals surface area contributed by atoms with E-state index in [2.05, 4.69) is 33.6 Å². The zero-order valence-electron chi connectivity index (χ0n) is 10.2. The van der Waals surface area contributed by atoms with Crippen LogP contribution in [0.2, 0.25) is 0 Å². The predicted molar refractivity (Wildman–Crippen MR) is 67.6 cm³/mol. The Kier molecular flexibility index (Phi) is 2.35. The van der Waals surface area contributed by atoms with Crippen LogP contribution in [0.15, 0.2) is 18.2 Å². The molecule has 1 aromatic carbocycles. The van der Waals surface area contributed by atoms with Crippen molar-refractivity contribution in [1.82, 2.24) is 14.8 Å². The van der Waals surface area contributed by atoms with Crippen molar-refractivity contribution in [2.24, 2.45) is 0 Å². The fraction of sp³-hybridized carbons (Fsp3) is 0.385. The lowest BCUT2D eigenvalue weighted by atomic mass is 10.0. The van der Waals surface area contributed by atoms with Crippen molar-refractivity contribution < 1.29 is 0 Å². The molecule has 0 amide bonds. The number of nitrogens with zero attached hydrogens (tertiary/aromatic N) is 3. The molecule has 88 valence electrons. The van der Waals surface area contributed by atoms with Crippen molar-refractivity contribution in [1.29, 1.82) is 0 Å². The summed E-state index contributed by atoms with van der Waals surface area (Å²) in [6.07, 6.45) is 2.34. The van der Waals surface area contributed by atoms with Crippen LogP contribution in [0.3, 0.4) is 0 Å². The van der Waals surface area contributed by atoms with E-state index in [0.29, 0.717) is 0 Å². The quantitative estimate of drug-likeness (QED) is 0.814. The third kappa shape index (κ3) is 1.79. The summed E-state index contributed by atoms with van der Waals surface area (Å²) in [7, 11) is 0. The van der Waals surface area contributed by atoms with Gasteiger partial charge in [0.25, 0.3) is 0 Å². The Morgan fingerprint density at radius 2 is 2.18 bits per heavy atom. The van der Waals surface area contributed by atoms with E-state index in [0.717, 1.165) is 30.3 Å². The van der Waals surface area contributed by atoms with Crippen molar-refractivity contribution in [3.63, 3.8) is 0 Å². The van der Waals surface area contributed by atoms with Gasteiger partial charge >= 0.3 is 0 Å². The van der Waals surface area contributed by atoms with Gasteiger partial charge < -0.3 is 5.32 Å². The van der Waals surface area contributed by atoms with Gasteiger partial charge in [0.15, 0.2) is 0 Å². The minimum absolute atomic E-state index is 0.818. The first-order valence-corrected chi connectivity index (χ1v) is 6.01. The molecular formula is C13H16N4. The second-order valence-corrected chi connectivity index (χ2v) is 4.49. The van der Waals surface area contributed by atoms with E-state index in [1.165, 1.54) is 17.7 Å². The van der Waals surface area contributed by atoms with Gasteiger partial charge in [-0.05, 0) is 50.5 Å². The first-order valence-electron chi connectivity index (χ1n) is 6.01. The molecule has 0 spiro atoms. The molecule has 0 unspecified atom stereocenters. The van der Waals surface area contributed by atoms with Gasteiger partial charge in [-0.2, -0.15) is 5.10 Å². The number of fused-ring (bicyclic) bond motifs is 1. The summed E-state index contributed by atoms with van der Waals surface area (Å²) in [6, 6.07) is 6.45. The molecule has 0 saturated heterocycles. The molecule has 1 N–H and O–H groups in total. The fourth-order valence-electron chi connectivity index (χ4n) is 2.36. The molecule has 0 bridgehead atoms. The topological polar surface area (TPSA) is 42.7 Å². The lowest BCUT2D eigenvalue weighted by Crippen LogP contribution is -2.12. The van der Waals surface area contributed by atoms with Gasteiger partial charge in [0.1, 0.15) is 11.6 Å². The first-order chi connectivity index (χ1) is 8.24. The van der Waals surface area contributed by atoms with Gasteiger partial charge in [-0.3, -0.25) is 0 Å². The Bertz CT molecular complexity index is 557. The summed E-state index contributed by atoms with van der Waals surface area (Å²) in [6.45, 7) is 4.98. The summed E-state index contributed by atoms with van der Waals surface area (Å²) in [4.78, 5) is 4.34. The third-order valence-corrected chi connectivity index (χ3v) is 3.15. The highest BCUT2D eigenvalue weighted by Gasteiger charge is 2.11. The lowest BCUT2D eigenvalue weighted by Gasteiger charge is -2.18. The predicted octanol–water partition coefficient (Wildman–Crippen LogP) is 2.24. The Morgan fingerprint density at radius 3 is 2.94 bits per heavy atom. The normalized spacial score (nSPS) is 14.2. The number of benzene rings is 1. The first kappa shape index (κ1) is 10.3. The molecule has 0 fully saturated rings. The number of rotatable bonds is 1. The maximum Gasteiger partial charge on any atom is 0.148 e. The van der Waals surface area contributed by atoms with Crippen LogP contribution in [-0.2, 0) is 6.42 Å². The van der Waals surface area contributed by atoms with Crippen molar-refractivity contribution >= 4 is 5.69 Å². The molecule has 4 nitrogen and oxygen atoms in total. The van der Waals surface area contributed by atoms with Gasteiger partial charge in [-0.1, -0.05) is 0 Å². The number of nitrogens with one attached hydrogen (secondary N) is 1. The molecule has 1 aliphatic heterocycles. The summed E-state index contributed by atoms with van der Waals surface area (Å²) in [5, 5.41) is 7.83. The van der Waals surface area contributed by atoms with E-state index in [9.17, 15) is 0 Å². The smallest absolute Gasteiger partial charge is 0.148 e. The molecular weight excluding hydrogens is 212 g/mol. The molecule has 0 radical (unpaired) electrons. The van der Waals surface area contributed by atoms with Crippen LogP contribution < -0.4 is 5.32 Å². The zero-order chi connectivity index (χ0) is 11.8. The van der Waals surface area contributed by atoms with Gasteiger partial charge in [-0.15, -0.1) is 0 Å². The number of anilines is 1. The number of aromatic nitrogens is 3. The second-order valence-electron chi connectivity index (χ2n) is 4.49. The van der Waals surface area contributed by atoms with E-state index in [-0.39, 0.29) is 0 Å². The minimum atomic E-state index is 0.818. The second kappa shape index (κ2) is 3.87. The van der Waals surface area contributed by atoms with Gasteiger partial charge in [0, 0.05) is 12.2 Å². The van der Waals surface area contributed by atoms with Gasteiger partial charge in [-0.25, -0.2) is 9.67 Å². The van der Waals surface area contributed by atoms with Crippen LogP contribution in [0, 0.1) is 13.8 Å². The van der Waals surface area contributed by atoms with E-state index >= 15 is 0 Å². The molecule has 3 rings (SSSR count). The highest BCUT2D eigenvalue weighted by atomic mass is 15.3. The summed E-state index contributed by atoms with van der Waals surface area (Å²) in [5.74, 6) is 1.75. The number of hydrogen-bond donors (Lipinski definition) is 1. The van der Waals surface area contributed by atoms with Crippen molar-refractivity contribution in [3.05, 3.63) is 35.4 Å². The van der Waals surface area contributed by atoms with E-state index in [1.54, 1.807) is 0 Å². The summed E-state index contributed by atoms with van der Waals surface area (Å²) in [5.41, 5.74) is 3.74. The van der Waals surface area contributed by atoms with E-state index in [1.807, 2.05) is 18.5 Å². The van der Waals surface area contributed by atoms with Gasteiger partial charge in [0.05, 0.1) is 5.69 Å². The SMILES string of the molecule is Cc1nc(C)n(-c2ccc3c(c2)CCCN3)n1. The van der Waals surface area contributed by atoms with E-state index in [4.69, 9.17) is 0 Å². The Hall–Kier alpha value is -1.84.